The van der Waals surface area contributed by atoms with Crippen LogP contribution in [0, 0.1) is 20.8 Å². The zero-order valence-corrected chi connectivity index (χ0v) is 17.4. The van der Waals surface area contributed by atoms with Crippen LogP contribution in [0.3, 0.4) is 0 Å². The molecule has 0 atom stereocenters. The molecule has 119 valence electrons. The van der Waals surface area contributed by atoms with Crippen LogP contribution in [0.2, 0.25) is 0 Å². The number of anilines is 1. The number of nitrogens with zero attached hydrogens (tertiary/aromatic N) is 1. The minimum atomic E-state index is 0. The number of nitrogens with one attached hydrogen (secondary N) is 1. The van der Waals surface area contributed by atoms with Crippen LogP contribution in [0.4, 0.5) is 5.69 Å². The van der Waals surface area contributed by atoms with Crippen LogP contribution in [-0.2, 0) is 37.5 Å². The number of carbonyl (C=O) groups excluding carboxylic acids is 1. The van der Waals surface area contributed by atoms with Crippen molar-refractivity contribution < 1.29 is 42.0 Å². The molecule has 1 aromatic carbocycles. The Kier molecular flexibility index (Phi) is 7.71. The third-order valence-electron chi connectivity index (χ3n) is 4.86. The van der Waals surface area contributed by atoms with Gasteiger partial charge < -0.3 is 9.80 Å². The van der Waals surface area contributed by atoms with E-state index in [0.717, 1.165) is 40.9 Å². The number of quaternary nitrogens is 1. The molecule has 0 bridgehead atoms. The summed E-state index contributed by atoms with van der Waals surface area (Å²) in [5.41, 5.74) is 4.55. The van der Waals surface area contributed by atoms with Crippen molar-refractivity contribution in [3.63, 3.8) is 0 Å². The van der Waals surface area contributed by atoms with Crippen LogP contribution < -0.4 is 5.32 Å². The first kappa shape index (κ1) is 19.8. The van der Waals surface area contributed by atoms with Crippen molar-refractivity contribution in [2.75, 3.05) is 31.5 Å². The summed E-state index contributed by atoms with van der Waals surface area (Å²) < 4.78 is 0.954. The van der Waals surface area contributed by atoms with Gasteiger partial charge in [-0.3, -0.25) is 4.79 Å². The maximum absolute atomic E-state index is 12.5. The van der Waals surface area contributed by atoms with Gasteiger partial charge in [-0.05, 0) is 58.1 Å². The first-order chi connectivity index (χ1) is 9.96. The summed E-state index contributed by atoms with van der Waals surface area (Å²) in [5.74, 6) is 0.161. The maximum atomic E-state index is 12.5. The van der Waals surface area contributed by atoms with Crippen LogP contribution in [0.15, 0.2) is 12.1 Å². The number of likely N-dealkylation sites (N-methyl/N-ethyl adjacent to an activating group) is 1. The molecular formula is C18H29N2OY+. The third-order valence-corrected chi connectivity index (χ3v) is 4.86. The van der Waals surface area contributed by atoms with Gasteiger partial charge in [0.25, 0.3) is 5.91 Å². The smallest absolute Gasteiger partial charge is 0.279 e. The van der Waals surface area contributed by atoms with Gasteiger partial charge in [0, 0.05) is 38.4 Å². The molecule has 1 aliphatic heterocycles. The number of likely N-dealkylation sites (tertiary alicyclic amines) is 1. The molecule has 4 heteroatoms. The van der Waals surface area contributed by atoms with Crippen molar-refractivity contribution in [1.82, 2.24) is 0 Å². The van der Waals surface area contributed by atoms with E-state index in [2.05, 4.69) is 45.1 Å². The number of rotatable bonds is 4. The number of hydrogen-bond donors (Lipinski definition) is 1. The Morgan fingerprint density at radius 3 is 2.14 bits per heavy atom. The molecule has 1 saturated heterocycles. The number of benzene rings is 1. The Bertz CT molecular complexity index is 499. The van der Waals surface area contributed by atoms with Crippen LogP contribution in [0.25, 0.3) is 0 Å². The standard InChI is InChI=1S/C18H28N2O.Y/c1-5-20(9-7-6-8-10-20)13-17(21)19-18-15(3)11-14(2)12-16(18)4;/h11-12H,5-10,13H2,1-4H3;/p+1. The molecule has 0 aromatic heterocycles. The minimum Gasteiger partial charge on any atom is -0.321 e. The first-order valence-corrected chi connectivity index (χ1v) is 8.18. The van der Waals surface area contributed by atoms with E-state index >= 15 is 0 Å². The molecule has 1 aliphatic rings. The van der Waals surface area contributed by atoms with Crippen molar-refractivity contribution >= 4 is 11.6 Å². The van der Waals surface area contributed by atoms with Crippen molar-refractivity contribution in [3.8, 4) is 0 Å². The third kappa shape index (κ3) is 4.87. The Balaban J connectivity index is 0.00000242. The first-order valence-electron chi connectivity index (χ1n) is 8.18. The van der Waals surface area contributed by atoms with Crippen LogP contribution in [-0.4, -0.2) is 36.6 Å². The van der Waals surface area contributed by atoms with E-state index in [1.165, 1.54) is 24.8 Å². The molecule has 22 heavy (non-hydrogen) atoms. The zero-order valence-electron chi connectivity index (χ0n) is 14.5. The number of carbonyl (C=O) groups is 1. The van der Waals surface area contributed by atoms with Crippen LogP contribution >= 0.6 is 0 Å². The molecule has 3 nitrogen and oxygen atoms in total. The molecule has 1 fully saturated rings. The topological polar surface area (TPSA) is 29.1 Å². The van der Waals surface area contributed by atoms with E-state index in [1.54, 1.807) is 0 Å². The molecule has 1 radical (unpaired) electrons. The summed E-state index contributed by atoms with van der Waals surface area (Å²) >= 11 is 0. The minimum absolute atomic E-state index is 0. The van der Waals surface area contributed by atoms with Crippen LogP contribution in [0.1, 0.15) is 42.9 Å². The Hall–Kier alpha value is -0.246. The van der Waals surface area contributed by atoms with Gasteiger partial charge in [-0.25, -0.2) is 0 Å². The Morgan fingerprint density at radius 2 is 1.64 bits per heavy atom. The molecule has 0 unspecified atom stereocenters. The Labute approximate surface area is 160 Å². The fraction of sp³-hybridized carbons (Fsp3) is 0.611. The average molecular weight is 378 g/mol. The second kappa shape index (κ2) is 8.56. The molecule has 1 N–H and O–H groups in total. The number of hydrogen-bond acceptors (Lipinski definition) is 1. The second-order valence-electron chi connectivity index (χ2n) is 6.65. The quantitative estimate of drug-likeness (QED) is 0.798. The summed E-state index contributed by atoms with van der Waals surface area (Å²) in [6.45, 7) is 12.4. The summed E-state index contributed by atoms with van der Waals surface area (Å²) in [5, 5.41) is 3.16. The summed E-state index contributed by atoms with van der Waals surface area (Å²) in [6, 6.07) is 4.27. The largest absolute Gasteiger partial charge is 0.321 e. The van der Waals surface area contributed by atoms with E-state index in [4.69, 9.17) is 0 Å². The van der Waals surface area contributed by atoms with E-state index in [-0.39, 0.29) is 38.6 Å². The van der Waals surface area contributed by atoms with Gasteiger partial charge in [0.2, 0.25) is 0 Å². The summed E-state index contributed by atoms with van der Waals surface area (Å²) in [6.07, 6.45) is 3.82. The number of aryl methyl sites for hydroxylation is 3. The van der Waals surface area contributed by atoms with E-state index < -0.39 is 0 Å². The number of amides is 1. The van der Waals surface area contributed by atoms with Crippen molar-refractivity contribution in [1.29, 1.82) is 0 Å². The average Bonchev–Trinajstić information content (AvgIpc) is 2.44. The summed E-state index contributed by atoms with van der Waals surface area (Å²) in [7, 11) is 0. The predicted molar refractivity (Wildman–Crippen MR) is 88.5 cm³/mol. The monoisotopic (exact) mass is 378 g/mol. The van der Waals surface area contributed by atoms with Gasteiger partial charge in [0.1, 0.15) is 0 Å². The zero-order chi connectivity index (χ0) is 15.5. The molecular weight excluding hydrogens is 349 g/mol. The van der Waals surface area contributed by atoms with Gasteiger partial charge in [0.15, 0.2) is 6.54 Å². The van der Waals surface area contributed by atoms with Crippen molar-refractivity contribution in [2.45, 2.75) is 47.0 Å². The van der Waals surface area contributed by atoms with E-state index in [1.807, 2.05) is 0 Å². The van der Waals surface area contributed by atoms with E-state index in [9.17, 15) is 4.79 Å². The van der Waals surface area contributed by atoms with Crippen LogP contribution in [0.5, 0.6) is 0 Å². The molecule has 1 heterocycles. The van der Waals surface area contributed by atoms with E-state index in [0.29, 0.717) is 6.54 Å². The molecule has 1 aromatic rings. The molecule has 0 saturated carbocycles. The van der Waals surface area contributed by atoms with Gasteiger partial charge >= 0.3 is 0 Å². The fourth-order valence-corrected chi connectivity index (χ4v) is 3.63. The maximum Gasteiger partial charge on any atom is 0.279 e. The fourth-order valence-electron chi connectivity index (χ4n) is 3.63. The SMILES string of the molecule is CC[N+]1(CC(=O)Nc2c(C)cc(C)cc2C)CCCCC1.[Y]. The molecule has 0 spiro atoms. The number of piperidine rings is 1. The van der Waals surface area contributed by atoms with Gasteiger partial charge in [-0.1, -0.05) is 17.7 Å². The van der Waals surface area contributed by atoms with Gasteiger partial charge in [-0.15, -0.1) is 0 Å². The van der Waals surface area contributed by atoms with Crippen molar-refractivity contribution in [3.05, 3.63) is 28.8 Å². The molecule has 1 amide bonds. The summed E-state index contributed by atoms with van der Waals surface area (Å²) in [4.78, 5) is 12.5. The predicted octanol–water partition coefficient (Wildman–Crippen LogP) is 3.57. The molecule has 2 rings (SSSR count). The normalized spacial score (nSPS) is 16.7. The molecule has 0 aliphatic carbocycles. The van der Waals surface area contributed by atoms with Gasteiger partial charge in [0.05, 0.1) is 19.6 Å². The second-order valence-corrected chi connectivity index (χ2v) is 6.65. The van der Waals surface area contributed by atoms with Gasteiger partial charge in [-0.2, -0.15) is 0 Å². The van der Waals surface area contributed by atoms with Crippen molar-refractivity contribution in [2.24, 2.45) is 0 Å². The Morgan fingerprint density at radius 1 is 1.09 bits per heavy atom.